The van der Waals surface area contributed by atoms with Crippen LogP contribution in [0, 0.1) is 35.0 Å². The number of aliphatic hydroxyl groups is 2. The number of aryl methyl sites for hydroxylation is 1. The van der Waals surface area contributed by atoms with E-state index in [0.717, 1.165) is 0 Å². The van der Waals surface area contributed by atoms with E-state index in [0.29, 0.717) is 71.3 Å². The van der Waals surface area contributed by atoms with Crippen LogP contribution in [0.2, 0.25) is 0 Å². The molecule has 5 atom stereocenters. The second-order valence-electron chi connectivity index (χ2n) is 13.7. The molecule has 1 amide bonds. The molecule has 1 aromatic heterocycles. The standard InChI is InChI=1S/C38H55F5N4O15/c1-23(2)37(52)62-36-33(44-24(3)49)38(60-26(22-48)34(36)51)59-8-4-5-25-21-47(46-45-25)7-10-54-12-14-56-16-18-58-20-19-57-17-15-55-13-11-53-9-6-27(50)61-35-31(42)29(40)28(39)30(41)32(35)43/h21,23,26,33-34,36,38,48,51H,4-20,22H2,1-3H3,(H,44,49)/t26-,33-,34+,36-,38-/m1/s1. The normalized spacial score (nSPS) is 18.9. The smallest absolute Gasteiger partial charge is 0.313 e. The van der Waals surface area contributed by atoms with Crippen LogP contribution in [0.25, 0.3) is 0 Å². The summed E-state index contributed by atoms with van der Waals surface area (Å²) in [6.45, 7) is 7.53. The molecule has 62 heavy (non-hydrogen) atoms. The van der Waals surface area contributed by atoms with E-state index in [2.05, 4.69) is 20.4 Å². The number of halogens is 5. The van der Waals surface area contributed by atoms with Crippen LogP contribution in [0.4, 0.5) is 22.0 Å². The molecule has 19 nitrogen and oxygen atoms in total. The lowest BCUT2D eigenvalue weighted by Gasteiger charge is -2.43. The number of carbonyl (C=O) groups is 3. The Kier molecular flexibility index (Phi) is 24.2. The molecule has 1 aliphatic heterocycles. The topological polar surface area (TPSA) is 227 Å². The lowest BCUT2D eigenvalue weighted by atomic mass is 9.96. The molecular formula is C38H55F5N4O15. The molecule has 1 fully saturated rings. The highest BCUT2D eigenvalue weighted by Crippen LogP contribution is 2.29. The monoisotopic (exact) mass is 902 g/mol. The first kappa shape index (κ1) is 52.4. The SMILES string of the molecule is CC(=O)N[C@H]1[C@H](OCCCc2cn(CCOCCOCCOCCOCCOCCOCCC(=O)Oc3c(F)c(F)c(F)c(F)c3F)nn2)O[C@H](CO)[C@H](O)[C@@H]1OC(=O)C(C)C. The van der Waals surface area contributed by atoms with Crippen LogP contribution in [0.5, 0.6) is 5.75 Å². The number of aromatic nitrogens is 3. The van der Waals surface area contributed by atoms with Gasteiger partial charge in [0.2, 0.25) is 40.7 Å². The summed E-state index contributed by atoms with van der Waals surface area (Å²) in [4.78, 5) is 35.9. The first-order valence-electron chi connectivity index (χ1n) is 19.9. The van der Waals surface area contributed by atoms with E-state index in [9.17, 15) is 46.5 Å². The number of esters is 2. The molecule has 2 aromatic rings. The van der Waals surface area contributed by atoms with Gasteiger partial charge in [-0.05, 0) is 12.8 Å². The minimum Gasteiger partial charge on any atom is -0.457 e. The molecule has 3 N–H and O–H groups in total. The van der Waals surface area contributed by atoms with E-state index < -0.39 is 102 Å². The zero-order valence-electron chi connectivity index (χ0n) is 34.7. The maximum atomic E-state index is 13.6. The minimum absolute atomic E-state index is 0.0555. The van der Waals surface area contributed by atoms with Gasteiger partial charge < -0.3 is 62.9 Å². The van der Waals surface area contributed by atoms with Gasteiger partial charge in [-0.1, -0.05) is 19.1 Å². The van der Waals surface area contributed by atoms with Crippen molar-refractivity contribution in [2.75, 3.05) is 92.5 Å². The number of rotatable bonds is 31. The molecule has 0 aliphatic carbocycles. The lowest BCUT2D eigenvalue weighted by molar-refractivity contribution is -0.274. The van der Waals surface area contributed by atoms with Crippen molar-refractivity contribution in [3.05, 3.63) is 41.0 Å². The van der Waals surface area contributed by atoms with Crippen molar-refractivity contribution in [1.29, 1.82) is 0 Å². The van der Waals surface area contributed by atoms with Crippen LogP contribution >= 0.6 is 0 Å². The van der Waals surface area contributed by atoms with Gasteiger partial charge >= 0.3 is 11.9 Å². The van der Waals surface area contributed by atoms with E-state index in [-0.39, 0.29) is 39.6 Å². The predicted molar refractivity (Wildman–Crippen MR) is 200 cm³/mol. The Morgan fingerprint density at radius 3 is 1.82 bits per heavy atom. The fraction of sp³-hybridized carbons (Fsp3) is 0.711. The number of nitrogens with zero attached hydrogens (tertiary/aromatic N) is 3. The third-order valence-corrected chi connectivity index (χ3v) is 8.55. The Morgan fingerprint density at radius 1 is 0.790 bits per heavy atom. The fourth-order valence-corrected chi connectivity index (χ4v) is 5.38. The van der Waals surface area contributed by atoms with Gasteiger partial charge in [-0.3, -0.25) is 14.4 Å². The van der Waals surface area contributed by atoms with Crippen molar-refractivity contribution in [2.45, 2.75) is 77.2 Å². The van der Waals surface area contributed by atoms with Gasteiger partial charge in [0.1, 0.15) is 18.2 Å². The second kappa shape index (κ2) is 28.7. The largest absolute Gasteiger partial charge is 0.457 e. The van der Waals surface area contributed by atoms with Gasteiger partial charge in [-0.15, -0.1) is 5.10 Å². The summed E-state index contributed by atoms with van der Waals surface area (Å²) in [5.74, 6) is -15.8. The number of ether oxygens (including phenoxy) is 10. The summed E-state index contributed by atoms with van der Waals surface area (Å²) in [6, 6.07) is -1.01. The second-order valence-corrected chi connectivity index (χ2v) is 13.7. The first-order valence-corrected chi connectivity index (χ1v) is 19.9. The molecule has 0 bridgehead atoms. The Morgan fingerprint density at radius 2 is 1.31 bits per heavy atom. The number of carbonyl (C=O) groups excluding carboxylic acids is 3. The number of hydrogen-bond acceptors (Lipinski definition) is 17. The van der Waals surface area contributed by atoms with Crippen LogP contribution in [0.1, 0.15) is 39.3 Å². The van der Waals surface area contributed by atoms with Crippen LogP contribution in [-0.4, -0.2) is 166 Å². The number of benzene rings is 1. The summed E-state index contributed by atoms with van der Waals surface area (Å²) >= 11 is 0. The highest BCUT2D eigenvalue weighted by atomic mass is 19.2. The third-order valence-electron chi connectivity index (χ3n) is 8.55. The number of nitrogens with one attached hydrogen (secondary N) is 1. The number of hydrogen-bond donors (Lipinski definition) is 3. The van der Waals surface area contributed by atoms with E-state index in [1.807, 2.05) is 0 Å². The molecule has 1 aliphatic rings. The summed E-state index contributed by atoms with van der Waals surface area (Å²) in [7, 11) is 0. The van der Waals surface area contributed by atoms with Crippen molar-refractivity contribution >= 4 is 17.8 Å². The fourth-order valence-electron chi connectivity index (χ4n) is 5.38. The van der Waals surface area contributed by atoms with Crippen LogP contribution in [0.3, 0.4) is 0 Å². The molecule has 1 saturated heterocycles. The van der Waals surface area contributed by atoms with E-state index >= 15 is 0 Å². The van der Waals surface area contributed by atoms with Gasteiger partial charge in [-0.25, -0.2) is 17.9 Å². The number of amides is 1. The predicted octanol–water partition coefficient (Wildman–Crippen LogP) is 1.17. The first-order chi connectivity index (χ1) is 29.7. The average Bonchev–Trinajstić information content (AvgIpc) is 3.70. The lowest BCUT2D eigenvalue weighted by Crippen LogP contribution is -2.65. The summed E-state index contributed by atoms with van der Waals surface area (Å²) < 4.78 is 122. The Hall–Kier alpha value is -3.98. The molecule has 2 heterocycles. The van der Waals surface area contributed by atoms with Crippen LogP contribution in [0.15, 0.2) is 6.20 Å². The summed E-state index contributed by atoms with van der Waals surface area (Å²) in [5.41, 5.74) is 0.709. The number of aliphatic hydroxyl groups excluding tert-OH is 2. The van der Waals surface area contributed by atoms with Crippen molar-refractivity contribution in [3.8, 4) is 5.75 Å². The summed E-state index contributed by atoms with van der Waals surface area (Å²) in [6.07, 6.45) is -2.50. The highest BCUT2D eigenvalue weighted by molar-refractivity contribution is 5.74. The van der Waals surface area contributed by atoms with Crippen molar-refractivity contribution in [3.63, 3.8) is 0 Å². The molecule has 24 heteroatoms. The zero-order valence-corrected chi connectivity index (χ0v) is 34.7. The summed E-state index contributed by atoms with van der Waals surface area (Å²) in [5, 5.41) is 31.3. The van der Waals surface area contributed by atoms with Crippen LogP contribution in [-0.2, 0) is 70.0 Å². The molecule has 0 spiro atoms. The van der Waals surface area contributed by atoms with Gasteiger partial charge in [-0.2, -0.15) is 8.78 Å². The molecule has 1 aromatic carbocycles. The van der Waals surface area contributed by atoms with Gasteiger partial charge in [0, 0.05) is 13.1 Å². The average molecular weight is 903 g/mol. The maximum absolute atomic E-state index is 13.6. The van der Waals surface area contributed by atoms with Crippen molar-refractivity contribution in [1.82, 2.24) is 20.3 Å². The van der Waals surface area contributed by atoms with E-state index in [4.69, 9.17) is 42.6 Å². The zero-order chi connectivity index (χ0) is 45.4. The Bertz CT molecular complexity index is 1630. The Labute approximate surface area is 354 Å². The molecule has 0 radical (unpaired) electrons. The minimum atomic E-state index is -2.36. The third kappa shape index (κ3) is 18.0. The highest BCUT2D eigenvalue weighted by Gasteiger charge is 2.48. The van der Waals surface area contributed by atoms with Crippen molar-refractivity contribution < 1.29 is 93.9 Å². The molecule has 0 saturated carbocycles. The maximum Gasteiger partial charge on any atom is 0.313 e. The Balaban J connectivity index is 1.12. The quantitative estimate of drug-likeness (QED) is 0.0241. The van der Waals surface area contributed by atoms with Crippen molar-refractivity contribution in [2.24, 2.45) is 5.92 Å². The van der Waals surface area contributed by atoms with E-state index in [1.165, 1.54) is 6.92 Å². The van der Waals surface area contributed by atoms with Gasteiger partial charge in [0.15, 0.2) is 12.4 Å². The molecule has 352 valence electrons. The molecule has 0 unspecified atom stereocenters. The molecule has 3 rings (SSSR count). The van der Waals surface area contributed by atoms with Gasteiger partial charge in [0.25, 0.3) is 0 Å². The van der Waals surface area contributed by atoms with Gasteiger partial charge in [0.05, 0.1) is 117 Å². The molecular weight excluding hydrogens is 847 g/mol. The van der Waals surface area contributed by atoms with E-state index in [1.54, 1.807) is 24.7 Å². The van der Waals surface area contributed by atoms with Crippen LogP contribution < -0.4 is 10.1 Å².